The first-order valence-electron chi connectivity index (χ1n) is 6.49. The molecule has 0 saturated heterocycles. The summed E-state index contributed by atoms with van der Waals surface area (Å²) < 4.78 is 4.82. The number of rotatable bonds is 4. The van der Waals surface area contributed by atoms with Gasteiger partial charge in [0.1, 0.15) is 0 Å². The van der Waals surface area contributed by atoms with E-state index in [0.717, 1.165) is 0 Å². The van der Waals surface area contributed by atoms with Crippen molar-refractivity contribution in [1.29, 1.82) is 0 Å². The van der Waals surface area contributed by atoms with E-state index in [1.54, 1.807) is 30.3 Å². The summed E-state index contributed by atoms with van der Waals surface area (Å²) in [4.78, 5) is 35.3. The quantitative estimate of drug-likeness (QED) is 0.859. The zero-order valence-electron chi connectivity index (χ0n) is 11.7. The maximum atomic E-state index is 11.8. The standard InChI is InChI=1S/C16H11Cl2NO4/c17-11-6-7-13(18)12(8-11)16(22)23-9-14(20)19-15(21)10-4-2-1-3-5-10/h1-8H,9H2,(H,19,20,21). The van der Waals surface area contributed by atoms with Gasteiger partial charge in [-0.1, -0.05) is 41.4 Å². The van der Waals surface area contributed by atoms with Gasteiger partial charge in [-0.25, -0.2) is 4.79 Å². The van der Waals surface area contributed by atoms with Crippen molar-refractivity contribution < 1.29 is 19.1 Å². The Kier molecular flexibility index (Phi) is 5.73. The van der Waals surface area contributed by atoms with Crippen LogP contribution in [0, 0.1) is 0 Å². The molecular formula is C16H11Cl2NO4. The maximum absolute atomic E-state index is 11.8. The van der Waals surface area contributed by atoms with Crippen molar-refractivity contribution in [1.82, 2.24) is 5.32 Å². The third kappa shape index (κ3) is 4.81. The van der Waals surface area contributed by atoms with Crippen LogP contribution in [0.2, 0.25) is 10.0 Å². The van der Waals surface area contributed by atoms with Crippen LogP contribution in [0.3, 0.4) is 0 Å². The van der Waals surface area contributed by atoms with Crippen LogP contribution in [0.15, 0.2) is 48.5 Å². The normalized spacial score (nSPS) is 10.0. The number of benzene rings is 2. The van der Waals surface area contributed by atoms with E-state index in [1.807, 2.05) is 0 Å². The Morgan fingerprint density at radius 3 is 2.39 bits per heavy atom. The lowest BCUT2D eigenvalue weighted by atomic mass is 10.2. The molecule has 2 amide bonds. The van der Waals surface area contributed by atoms with E-state index in [-0.39, 0.29) is 10.6 Å². The Morgan fingerprint density at radius 1 is 1.00 bits per heavy atom. The van der Waals surface area contributed by atoms with Gasteiger partial charge in [0, 0.05) is 10.6 Å². The number of carbonyl (C=O) groups excluding carboxylic acids is 3. The number of imide groups is 1. The highest BCUT2D eigenvalue weighted by atomic mass is 35.5. The molecule has 1 N–H and O–H groups in total. The largest absolute Gasteiger partial charge is 0.452 e. The molecule has 2 aromatic carbocycles. The Labute approximate surface area is 142 Å². The SMILES string of the molecule is O=C(COC(=O)c1cc(Cl)ccc1Cl)NC(=O)c1ccccc1. The first-order chi connectivity index (χ1) is 11.0. The first kappa shape index (κ1) is 17.0. The summed E-state index contributed by atoms with van der Waals surface area (Å²) in [5.74, 6) is -2.13. The molecule has 0 spiro atoms. The van der Waals surface area contributed by atoms with Crippen LogP contribution in [-0.2, 0) is 9.53 Å². The lowest BCUT2D eigenvalue weighted by Crippen LogP contribution is -2.34. The fourth-order valence-corrected chi connectivity index (χ4v) is 2.05. The van der Waals surface area contributed by atoms with Crippen LogP contribution in [0.1, 0.15) is 20.7 Å². The predicted octanol–water partition coefficient (Wildman–Crippen LogP) is 3.11. The van der Waals surface area contributed by atoms with Crippen molar-refractivity contribution in [3.8, 4) is 0 Å². The number of ether oxygens (including phenoxy) is 1. The van der Waals surface area contributed by atoms with Gasteiger partial charge in [0.2, 0.25) is 0 Å². The summed E-state index contributed by atoms with van der Waals surface area (Å²) >= 11 is 11.6. The van der Waals surface area contributed by atoms with E-state index in [2.05, 4.69) is 5.32 Å². The second kappa shape index (κ2) is 7.76. The molecule has 0 aliphatic heterocycles. The van der Waals surface area contributed by atoms with E-state index in [1.165, 1.54) is 18.2 Å². The molecule has 0 atom stereocenters. The van der Waals surface area contributed by atoms with Gasteiger partial charge in [-0.2, -0.15) is 0 Å². The molecule has 2 rings (SSSR count). The molecule has 0 radical (unpaired) electrons. The Bertz CT molecular complexity index is 747. The van der Waals surface area contributed by atoms with E-state index in [9.17, 15) is 14.4 Å². The zero-order valence-corrected chi connectivity index (χ0v) is 13.2. The Morgan fingerprint density at radius 2 is 1.70 bits per heavy atom. The summed E-state index contributed by atoms with van der Waals surface area (Å²) in [6, 6.07) is 12.5. The minimum Gasteiger partial charge on any atom is -0.452 e. The van der Waals surface area contributed by atoms with Crippen molar-refractivity contribution in [2.45, 2.75) is 0 Å². The fraction of sp³-hybridized carbons (Fsp3) is 0.0625. The molecule has 0 aliphatic rings. The smallest absolute Gasteiger partial charge is 0.340 e. The summed E-state index contributed by atoms with van der Waals surface area (Å²) in [7, 11) is 0. The molecular weight excluding hydrogens is 341 g/mol. The van der Waals surface area contributed by atoms with Crippen molar-refractivity contribution in [3.63, 3.8) is 0 Å². The monoisotopic (exact) mass is 351 g/mol. The lowest BCUT2D eigenvalue weighted by molar-refractivity contribution is -0.123. The third-order valence-corrected chi connectivity index (χ3v) is 3.34. The van der Waals surface area contributed by atoms with Crippen LogP contribution in [-0.4, -0.2) is 24.4 Å². The molecule has 0 aromatic heterocycles. The molecule has 0 fully saturated rings. The van der Waals surface area contributed by atoms with Gasteiger partial charge in [0.15, 0.2) is 6.61 Å². The summed E-state index contributed by atoms with van der Waals surface area (Å²) in [5, 5.41) is 2.58. The summed E-state index contributed by atoms with van der Waals surface area (Å²) in [6.45, 7) is -0.611. The van der Waals surface area contributed by atoms with Gasteiger partial charge in [0.05, 0.1) is 10.6 Å². The van der Waals surface area contributed by atoms with E-state index < -0.39 is 24.4 Å². The molecule has 2 aromatic rings. The lowest BCUT2D eigenvalue weighted by Gasteiger charge is -2.07. The van der Waals surface area contributed by atoms with Gasteiger partial charge >= 0.3 is 5.97 Å². The number of nitrogens with one attached hydrogen (secondary N) is 1. The van der Waals surface area contributed by atoms with Gasteiger partial charge in [-0.05, 0) is 30.3 Å². The highest BCUT2D eigenvalue weighted by molar-refractivity contribution is 6.35. The number of hydrogen-bond acceptors (Lipinski definition) is 4. The van der Waals surface area contributed by atoms with Gasteiger partial charge in [0.25, 0.3) is 11.8 Å². The molecule has 0 bridgehead atoms. The molecule has 0 unspecified atom stereocenters. The molecule has 23 heavy (non-hydrogen) atoms. The van der Waals surface area contributed by atoms with Crippen LogP contribution in [0.25, 0.3) is 0 Å². The molecule has 0 heterocycles. The van der Waals surface area contributed by atoms with E-state index in [4.69, 9.17) is 27.9 Å². The van der Waals surface area contributed by atoms with E-state index >= 15 is 0 Å². The second-order valence-electron chi connectivity index (χ2n) is 4.44. The number of hydrogen-bond donors (Lipinski definition) is 1. The van der Waals surface area contributed by atoms with Crippen molar-refractivity contribution >= 4 is 41.0 Å². The predicted molar refractivity (Wildman–Crippen MR) is 85.7 cm³/mol. The summed E-state index contributed by atoms with van der Waals surface area (Å²) in [5.41, 5.74) is 0.367. The number of carbonyl (C=O) groups is 3. The topological polar surface area (TPSA) is 72.5 Å². The highest BCUT2D eigenvalue weighted by Gasteiger charge is 2.16. The Hall–Kier alpha value is -2.37. The van der Waals surface area contributed by atoms with Gasteiger partial charge in [-0.3, -0.25) is 14.9 Å². The highest BCUT2D eigenvalue weighted by Crippen LogP contribution is 2.21. The number of amides is 2. The maximum Gasteiger partial charge on any atom is 0.340 e. The van der Waals surface area contributed by atoms with Crippen LogP contribution in [0.5, 0.6) is 0 Å². The molecule has 0 saturated carbocycles. The number of halogens is 2. The first-order valence-corrected chi connectivity index (χ1v) is 7.24. The van der Waals surface area contributed by atoms with Gasteiger partial charge < -0.3 is 4.74 Å². The van der Waals surface area contributed by atoms with E-state index in [0.29, 0.717) is 10.6 Å². The van der Waals surface area contributed by atoms with Crippen LogP contribution in [0.4, 0.5) is 0 Å². The molecule has 0 aliphatic carbocycles. The average Bonchev–Trinajstić information content (AvgIpc) is 2.55. The Balaban J connectivity index is 1.90. The average molecular weight is 352 g/mol. The second-order valence-corrected chi connectivity index (χ2v) is 5.29. The van der Waals surface area contributed by atoms with Crippen molar-refractivity contribution in [2.75, 3.05) is 6.61 Å². The van der Waals surface area contributed by atoms with Crippen LogP contribution >= 0.6 is 23.2 Å². The zero-order chi connectivity index (χ0) is 16.8. The molecule has 118 valence electrons. The molecule has 7 heteroatoms. The van der Waals surface area contributed by atoms with Gasteiger partial charge in [-0.15, -0.1) is 0 Å². The van der Waals surface area contributed by atoms with Crippen LogP contribution < -0.4 is 5.32 Å². The molecule has 5 nitrogen and oxygen atoms in total. The number of esters is 1. The fourth-order valence-electron chi connectivity index (χ4n) is 1.69. The minimum absolute atomic E-state index is 0.0429. The van der Waals surface area contributed by atoms with Crippen molar-refractivity contribution in [2.24, 2.45) is 0 Å². The minimum atomic E-state index is -0.806. The van der Waals surface area contributed by atoms with Crippen molar-refractivity contribution in [3.05, 3.63) is 69.7 Å². The third-order valence-electron chi connectivity index (χ3n) is 2.77. The summed E-state index contributed by atoms with van der Waals surface area (Å²) in [6.07, 6.45) is 0.